The van der Waals surface area contributed by atoms with Crippen molar-refractivity contribution in [2.75, 3.05) is 5.32 Å². The van der Waals surface area contributed by atoms with Gasteiger partial charge < -0.3 is 5.32 Å². The Balaban J connectivity index is 1.60. The van der Waals surface area contributed by atoms with Crippen molar-refractivity contribution < 1.29 is 18.0 Å². The maximum Gasteiger partial charge on any atom is 0.416 e. The number of Topliss-reactive ketones (excluding diaryl/α,β-unsaturated/α-hetero) is 1. The van der Waals surface area contributed by atoms with Crippen LogP contribution in [0.5, 0.6) is 0 Å². The molecule has 0 saturated carbocycles. The summed E-state index contributed by atoms with van der Waals surface area (Å²) in [6.45, 7) is 7.93. The summed E-state index contributed by atoms with van der Waals surface area (Å²) in [6.07, 6.45) is -1.82. The van der Waals surface area contributed by atoms with E-state index in [1.807, 2.05) is 36.7 Å². The zero-order valence-electron chi connectivity index (χ0n) is 19.2. The third-order valence-electron chi connectivity index (χ3n) is 6.46. The van der Waals surface area contributed by atoms with Crippen molar-refractivity contribution >= 4 is 11.6 Å². The number of rotatable bonds is 5. The molecule has 1 aromatic heterocycles. The number of anilines is 1. The summed E-state index contributed by atoms with van der Waals surface area (Å²) in [5, 5.41) is 8.01. The number of aromatic nitrogens is 2. The summed E-state index contributed by atoms with van der Waals surface area (Å²) < 4.78 is 40.6. The van der Waals surface area contributed by atoms with E-state index < -0.39 is 17.2 Å². The van der Waals surface area contributed by atoms with Gasteiger partial charge in [-0.05, 0) is 48.9 Å². The lowest BCUT2D eigenvalue weighted by atomic mass is 9.79. The van der Waals surface area contributed by atoms with Gasteiger partial charge >= 0.3 is 6.18 Å². The SMILES string of the molecule is CC(C)(CC(=O)c1cnn2c1NC(c1ccccc1)CC2(C)C)c1ccc(C(F)(F)F)cc1. The van der Waals surface area contributed by atoms with Crippen LogP contribution in [-0.4, -0.2) is 15.6 Å². The zero-order chi connectivity index (χ0) is 24.0. The summed E-state index contributed by atoms with van der Waals surface area (Å²) >= 11 is 0. The number of benzene rings is 2. The van der Waals surface area contributed by atoms with Gasteiger partial charge in [-0.1, -0.05) is 56.3 Å². The largest absolute Gasteiger partial charge is 0.416 e. The van der Waals surface area contributed by atoms with E-state index in [1.165, 1.54) is 12.1 Å². The molecule has 0 bridgehead atoms. The van der Waals surface area contributed by atoms with E-state index in [0.717, 1.165) is 24.1 Å². The molecule has 7 heteroatoms. The molecule has 1 atom stereocenters. The van der Waals surface area contributed by atoms with Crippen molar-refractivity contribution in [3.8, 4) is 0 Å². The molecule has 1 unspecified atom stereocenters. The lowest BCUT2D eigenvalue weighted by Crippen LogP contribution is -2.38. The monoisotopic (exact) mass is 455 g/mol. The fraction of sp³-hybridized carbons (Fsp3) is 0.385. The molecule has 1 N–H and O–H groups in total. The normalized spacial score (nSPS) is 17.8. The molecular formula is C26H28F3N3O. The van der Waals surface area contributed by atoms with E-state index in [-0.39, 0.29) is 23.8 Å². The third-order valence-corrected chi connectivity index (χ3v) is 6.46. The van der Waals surface area contributed by atoms with Crippen LogP contribution in [0.25, 0.3) is 0 Å². The molecule has 0 aliphatic carbocycles. The summed E-state index contributed by atoms with van der Waals surface area (Å²) in [6, 6.07) is 15.2. The van der Waals surface area contributed by atoms with Gasteiger partial charge in [0.25, 0.3) is 0 Å². The number of ketones is 1. The molecule has 0 saturated heterocycles. The second kappa shape index (κ2) is 8.04. The Bertz CT molecular complexity index is 1150. The highest BCUT2D eigenvalue weighted by molar-refractivity contribution is 6.01. The Morgan fingerprint density at radius 1 is 1.06 bits per heavy atom. The number of alkyl halides is 3. The topological polar surface area (TPSA) is 46.9 Å². The molecule has 0 amide bonds. The Kier molecular flexibility index (Phi) is 5.63. The molecule has 0 spiro atoms. The fourth-order valence-corrected chi connectivity index (χ4v) is 4.55. The van der Waals surface area contributed by atoms with E-state index in [2.05, 4.69) is 36.4 Å². The van der Waals surface area contributed by atoms with Crippen LogP contribution >= 0.6 is 0 Å². The summed E-state index contributed by atoms with van der Waals surface area (Å²) in [4.78, 5) is 13.4. The Morgan fingerprint density at radius 2 is 1.67 bits per heavy atom. The van der Waals surface area contributed by atoms with Gasteiger partial charge in [-0.15, -0.1) is 0 Å². The number of hydrogen-bond acceptors (Lipinski definition) is 3. The van der Waals surface area contributed by atoms with Crippen molar-refractivity contribution in [3.05, 3.63) is 83.0 Å². The van der Waals surface area contributed by atoms with Crippen molar-refractivity contribution in [1.82, 2.24) is 9.78 Å². The van der Waals surface area contributed by atoms with Crippen LogP contribution < -0.4 is 5.32 Å². The van der Waals surface area contributed by atoms with Gasteiger partial charge in [0.2, 0.25) is 0 Å². The predicted molar refractivity (Wildman–Crippen MR) is 122 cm³/mol. The lowest BCUT2D eigenvalue weighted by Gasteiger charge is -2.38. The number of nitrogens with zero attached hydrogens (tertiary/aromatic N) is 2. The Labute approximate surface area is 191 Å². The molecule has 2 aromatic carbocycles. The maximum absolute atomic E-state index is 13.4. The van der Waals surface area contributed by atoms with Crippen LogP contribution in [0.4, 0.5) is 19.0 Å². The van der Waals surface area contributed by atoms with Crippen molar-refractivity contribution in [1.29, 1.82) is 0 Å². The molecular weight excluding hydrogens is 427 g/mol. The van der Waals surface area contributed by atoms with Crippen molar-refractivity contribution in [3.63, 3.8) is 0 Å². The van der Waals surface area contributed by atoms with Gasteiger partial charge in [0, 0.05) is 6.42 Å². The lowest BCUT2D eigenvalue weighted by molar-refractivity contribution is -0.137. The van der Waals surface area contributed by atoms with E-state index >= 15 is 0 Å². The second-order valence-corrected chi connectivity index (χ2v) is 10.0. The molecule has 33 heavy (non-hydrogen) atoms. The fourth-order valence-electron chi connectivity index (χ4n) is 4.55. The second-order valence-electron chi connectivity index (χ2n) is 10.0. The molecule has 0 radical (unpaired) electrons. The van der Waals surface area contributed by atoms with Gasteiger partial charge in [0.15, 0.2) is 5.78 Å². The summed E-state index contributed by atoms with van der Waals surface area (Å²) in [5.74, 6) is 0.589. The van der Waals surface area contributed by atoms with Gasteiger partial charge in [-0.3, -0.25) is 4.79 Å². The zero-order valence-corrected chi connectivity index (χ0v) is 19.2. The van der Waals surface area contributed by atoms with Gasteiger partial charge in [-0.2, -0.15) is 18.3 Å². The van der Waals surface area contributed by atoms with Crippen LogP contribution in [0.1, 0.15) is 73.6 Å². The molecule has 1 aliphatic rings. The van der Waals surface area contributed by atoms with Gasteiger partial charge in [0.1, 0.15) is 5.82 Å². The Morgan fingerprint density at radius 3 is 2.27 bits per heavy atom. The number of nitrogens with one attached hydrogen (secondary N) is 1. The Hall–Kier alpha value is -3.09. The minimum absolute atomic E-state index is 0.0415. The third kappa shape index (κ3) is 4.54. The molecule has 3 aromatic rings. The smallest absolute Gasteiger partial charge is 0.363 e. The molecule has 174 valence electrons. The first-order valence-electron chi connectivity index (χ1n) is 11.0. The number of fused-ring (bicyclic) bond motifs is 1. The molecule has 4 rings (SSSR count). The van der Waals surface area contributed by atoms with E-state index in [4.69, 9.17) is 0 Å². The summed E-state index contributed by atoms with van der Waals surface area (Å²) in [7, 11) is 0. The highest BCUT2D eigenvalue weighted by Crippen LogP contribution is 2.41. The highest BCUT2D eigenvalue weighted by atomic mass is 19.4. The van der Waals surface area contributed by atoms with Crippen LogP contribution in [0, 0.1) is 0 Å². The van der Waals surface area contributed by atoms with E-state index in [9.17, 15) is 18.0 Å². The number of hydrogen-bond donors (Lipinski definition) is 1. The first-order chi connectivity index (χ1) is 15.4. The number of carbonyl (C=O) groups is 1. The minimum atomic E-state index is -4.39. The van der Waals surface area contributed by atoms with E-state index in [0.29, 0.717) is 16.9 Å². The number of halogens is 3. The van der Waals surface area contributed by atoms with E-state index in [1.54, 1.807) is 6.20 Å². The van der Waals surface area contributed by atoms with Crippen LogP contribution in [0.2, 0.25) is 0 Å². The highest BCUT2D eigenvalue weighted by Gasteiger charge is 2.38. The van der Waals surface area contributed by atoms with Crippen molar-refractivity contribution in [2.24, 2.45) is 0 Å². The molecule has 4 nitrogen and oxygen atoms in total. The maximum atomic E-state index is 13.4. The van der Waals surface area contributed by atoms with Crippen molar-refractivity contribution in [2.45, 2.75) is 63.7 Å². The molecule has 0 fully saturated rings. The van der Waals surface area contributed by atoms with Crippen LogP contribution in [0.15, 0.2) is 60.8 Å². The van der Waals surface area contributed by atoms with Crippen LogP contribution in [-0.2, 0) is 17.1 Å². The quantitative estimate of drug-likeness (QED) is 0.433. The predicted octanol–water partition coefficient (Wildman–Crippen LogP) is 6.74. The summed E-state index contributed by atoms with van der Waals surface area (Å²) in [5.41, 5.74) is 0.699. The standard InChI is InChI=1S/C26H28F3N3O/c1-24(2,18-10-12-19(13-11-18)26(27,28)29)15-22(33)20-16-30-32-23(20)31-21(14-25(32,3)4)17-8-6-5-7-9-17/h5-13,16,21,31H,14-15H2,1-4H3. The minimum Gasteiger partial charge on any atom is -0.363 e. The molecule has 1 aliphatic heterocycles. The first kappa shape index (κ1) is 23.1. The first-order valence-corrected chi connectivity index (χ1v) is 11.0. The number of carbonyl (C=O) groups excluding carboxylic acids is 1. The average Bonchev–Trinajstić information content (AvgIpc) is 3.18. The van der Waals surface area contributed by atoms with Gasteiger partial charge in [-0.25, -0.2) is 4.68 Å². The van der Waals surface area contributed by atoms with Crippen LogP contribution in [0.3, 0.4) is 0 Å². The average molecular weight is 456 g/mol. The molecule has 2 heterocycles. The van der Waals surface area contributed by atoms with Gasteiger partial charge in [0.05, 0.1) is 28.9 Å².